The Morgan fingerprint density at radius 2 is 0.681 bits per heavy atom. The van der Waals surface area contributed by atoms with Crippen LogP contribution in [-0.2, 0) is 106 Å². The van der Waals surface area contributed by atoms with E-state index >= 15 is 0 Å². The topological polar surface area (TPSA) is 411 Å². The number of aliphatic hydroxyl groups is 1. The molecule has 6 aromatic rings. The van der Waals surface area contributed by atoms with Crippen LogP contribution < -0.4 is 50.8 Å². The quantitative estimate of drug-likeness (QED) is 0.0102. The van der Waals surface area contributed by atoms with E-state index in [4.69, 9.17) is 75.8 Å². The normalized spacial score (nSPS) is 19.3. The van der Waals surface area contributed by atoms with E-state index in [1.54, 1.807) is 77.0 Å². The van der Waals surface area contributed by atoms with Crippen molar-refractivity contribution in [1.82, 2.24) is 31.9 Å². The van der Waals surface area contributed by atoms with Crippen LogP contribution in [0.2, 0.25) is 0 Å². The highest BCUT2D eigenvalue weighted by Crippen LogP contribution is 2.45. The summed E-state index contributed by atoms with van der Waals surface area (Å²) in [7, 11) is 6.20. The number of aliphatic hydroxyl groups excluding tert-OH is 1. The fourth-order valence-electron chi connectivity index (χ4n) is 13.3. The molecule has 0 spiro atoms. The summed E-state index contributed by atoms with van der Waals surface area (Å²) in [5, 5.41) is 26.1. The summed E-state index contributed by atoms with van der Waals surface area (Å²) in [5.74, 6) is -2.71. The van der Waals surface area contributed by atoms with Crippen LogP contribution in [0.25, 0.3) is 0 Å². The van der Waals surface area contributed by atoms with Crippen LogP contribution in [-0.4, -0.2) is 226 Å². The molecular weight excluding hydrogens is 1510 g/mol. The molecule has 0 aromatic heterocycles. The molecule has 0 aliphatic carbocycles. The number of benzene rings is 6. The number of alkyl carbamates (subject to hydrolysis) is 2. The summed E-state index contributed by atoms with van der Waals surface area (Å²) >= 11 is 0. The van der Waals surface area contributed by atoms with Crippen molar-refractivity contribution in [1.29, 1.82) is 0 Å². The van der Waals surface area contributed by atoms with E-state index in [1.807, 2.05) is 109 Å². The van der Waals surface area contributed by atoms with Gasteiger partial charge in [-0.2, -0.15) is 0 Å². The Balaban J connectivity index is 0.764. The van der Waals surface area contributed by atoms with E-state index in [0.717, 1.165) is 13.8 Å². The van der Waals surface area contributed by atoms with Crippen molar-refractivity contribution in [2.75, 3.05) is 94.3 Å². The average Bonchev–Trinajstić information content (AvgIpc) is 0.752. The van der Waals surface area contributed by atoms with Gasteiger partial charge in [-0.3, -0.25) is 38.4 Å². The lowest BCUT2D eigenvalue weighted by Crippen LogP contribution is -2.66. The molecule has 2 aliphatic rings. The molecule has 2 fully saturated rings. The molecule has 2 aliphatic heterocycles. The molecule has 2 heterocycles. The number of amides is 6. The number of ether oxygens (including phenoxy) is 16. The van der Waals surface area contributed by atoms with Crippen molar-refractivity contribution in [3.63, 3.8) is 0 Å². The second-order valence-corrected chi connectivity index (χ2v) is 26.8. The minimum Gasteiger partial charge on any atom is -0.497 e. The predicted molar refractivity (Wildman–Crippen MR) is 412 cm³/mol. The van der Waals surface area contributed by atoms with Gasteiger partial charge < -0.3 is 113 Å². The number of nitrogens with one attached hydrogen (secondary N) is 6. The lowest BCUT2D eigenvalue weighted by Gasteiger charge is -2.46. The van der Waals surface area contributed by atoms with Gasteiger partial charge in [0.15, 0.2) is 37.0 Å². The third-order valence-corrected chi connectivity index (χ3v) is 18.4. The number of rotatable bonds is 42. The molecule has 0 radical (unpaired) electrons. The van der Waals surface area contributed by atoms with Crippen molar-refractivity contribution in [3.05, 3.63) is 191 Å². The molecule has 33 heteroatoms. The molecule has 10 atom stereocenters. The fourth-order valence-corrected chi connectivity index (χ4v) is 13.3. The summed E-state index contributed by atoms with van der Waals surface area (Å²) < 4.78 is 95.3. The standard InChI is InChI=1S/C83H102N6O27/c1-51(90)88-72-76(113-55(5)94)74(111-53(3)92)68(49-109-82(57-19-13-11-14-20-57,59-23-31-64(101-7)32-24-59)60-25-33-65(102-8)34-26-60)115-78(72)105-45-17-41-84-70(97)39-43-86-80(99)107-47-63(96)48-108-81(100)87-44-40-71(98)85-42-18-46-106-79-73(89-52(2)91)77(114-56(6)95)75(112-54(4)93)69(116-79)50-110-83(58-21-15-12-16-22-58,61-27-35-66(103-9)36-28-61)62-29-37-67(104-10)38-30-62/h11-16,19-38,63,68-69,72-79,96H,17-18,39-50H2,1-10H3,(H,84,97)(H,85,98)(H,86,99)(H,87,100)(H,88,90)(H,89,91)/t68-,69-,72-,73-,74+,75+,76-,77-,78-,79-/m1/s1. The Hall–Kier alpha value is -11.5. The number of hydrogen-bond donors (Lipinski definition) is 7. The Kier molecular flexibility index (Phi) is 34.9. The van der Waals surface area contributed by atoms with Gasteiger partial charge in [-0.05, 0) is 94.8 Å². The Labute approximate surface area is 671 Å². The van der Waals surface area contributed by atoms with Gasteiger partial charge in [0.25, 0.3) is 0 Å². The van der Waals surface area contributed by atoms with Crippen LogP contribution in [0.15, 0.2) is 158 Å². The van der Waals surface area contributed by atoms with Crippen molar-refractivity contribution < 1.29 is 129 Å². The van der Waals surface area contributed by atoms with Crippen molar-refractivity contribution in [3.8, 4) is 23.0 Å². The third kappa shape index (κ3) is 25.8. The third-order valence-electron chi connectivity index (χ3n) is 18.4. The lowest BCUT2D eigenvalue weighted by molar-refractivity contribution is -0.282. The van der Waals surface area contributed by atoms with Crippen LogP contribution in [0.3, 0.4) is 0 Å². The molecular formula is C83H102N6O27. The van der Waals surface area contributed by atoms with Gasteiger partial charge in [-0.25, -0.2) is 9.59 Å². The zero-order valence-electron chi connectivity index (χ0n) is 66.3. The molecule has 7 N–H and O–H groups in total. The van der Waals surface area contributed by atoms with E-state index in [0.29, 0.717) is 56.4 Å². The minimum absolute atomic E-state index is 0.0661. The second kappa shape index (κ2) is 45.0. The van der Waals surface area contributed by atoms with E-state index in [2.05, 4.69) is 31.9 Å². The summed E-state index contributed by atoms with van der Waals surface area (Å²) in [6.07, 6.45) is -14.0. The summed E-state index contributed by atoms with van der Waals surface area (Å²) in [6, 6.07) is 45.4. The first-order valence-corrected chi connectivity index (χ1v) is 37.6. The maximum absolute atomic E-state index is 12.9. The SMILES string of the molecule is COc1ccc(C(OC[C@H]2O[C@@H](OCCCNC(=O)CCNC(=O)OCC(O)COC(=O)NCCC(=O)NCCCO[C@@H]3O[C@H](COC(c4ccccc4)(c4ccc(OC)cc4)c4ccc(OC)cc4)[C@H](OC(C)=O)[C@H](OC(C)=O)[C@H]3NC(C)=O)[C@H](NC(C)=O)[C@@H](OC(C)=O)[C@H]2OC(C)=O)(c2ccccc2)c2ccc(OC)cc2)cc1. The molecule has 0 saturated carbocycles. The van der Waals surface area contributed by atoms with E-state index < -0.39 is 151 Å². The number of hydrogen-bond acceptors (Lipinski definition) is 27. The maximum Gasteiger partial charge on any atom is 0.407 e. The van der Waals surface area contributed by atoms with Gasteiger partial charge in [0.1, 0.15) is 77.8 Å². The largest absolute Gasteiger partial charge is 0.497 e. The van der Waals surface area contributed by atoms with Crippen LogP contribution in [0.4, 0.5) is 9.59 Å². The van der Waals surface area contributed by atoms with Gasteiger partial charge in [-0.15, -0.1) is 0 Å². The zero-order valence-corrected chi connectivity index (χ0v) is 66.3. The predicted octanol–water partition coefficient (Wildman–Crippen LogP) is 5.86. The van der Waals surface area contributed by atoms with Crippen molar-refractivity contribution >= 4 is 59.7 Å². The highest BCUT2D eigenvalue weighted by atomic mass is 16.7. The number of esters is 4. The summed E-state index contributed by atoms with van der Waals surface area (Å²) in [6.45, 7) is 4.92. The first-order chi connectivity index (χ1) is 55.8. The van der Waals surface area contributed by atoms with Crippen LogP contribution in [0.5, 0.6) is 23.0 Å². The van der Waals surface area contributed by atoms with E-state index in [1.165, 1.54) is 27.7 Å². The van der Waals surface area contributed by atoms with Crippen LogP contribution >= 0.6 is 0 Å². The highest BCUT2D eigenvalue weighted by Gasteiger charge is 2.54. The van der Waals surface area contributed by atoms with Gasteiger partial charge >= 0.3 is 36.1 Å². The molecule has 0 unspecified atom stereocenters. The summed E-state index contributed by atoms with van der Waals surface area (Å²) in [4.78, 5) is 128. The second-order valence-electron chi connectivity index (χ2n) is 26.8. The molecule has 116 heavy (non-hydrogen) atoms. The number of methoxy groups -OCH3 is 4. The Morgan fingerprint density at radius 1 is 0.388 bits per heavy atom. The monoisotopic (exact) mass is 1610 g/mol. The Bertz CT molecular complexity index is 3800. The molecule has 626 valence electrons. The fraction of sp³-hybridized carbons (Fsp3) is 0.446. The van der Waals surface area contributed by atoms with Gasteiger partial charge in [0.05, 0.1) is 54.9 Å². The average molecular weight is 1620 g/mol. The number of carbonyl (C=O) groups is 10. The van der Waals surface area contributed by atoms with Gasteiger partial charge in [-0.1, -0.05) is 109 Å². The molecule has 0 bridgehead atoms. The van der Waals surface area contributed by atoms with Crippen LogP contribution in [0.1, 0.15) is 101 Å². The maximum atomic E-state index is 12.9. The van der Waals surface area contributed by atoms with Crippen molar-refractivity contribution in [2.24, 2.45) is 0 Å². The smallest absolute Gasteiger partial charge is 0.407 e. The lowest BCUT2D eigenvalue weighted by atomic mass is 9.80. The highest BCUT2D eigenvalue weighted by molar-refractivity contribution is 5.78. The molecule has 8 rings (SSSR count). The van der Waals surface area contributed by atoms with Gasteiger partial charge in [0, 0.05) is 80.6 Å². The van der Waals surface area contributed by atoms with Gasteiger partial charge in [0.2, 0.25) is 23.6 Å². The molecule has 33 nitrogen and oxygen atoms in total. The first-order valence-electron chi connectivity index (χ1n) is 37.6. The van der Waals surface area contributed by atoms with Crippen molar-refractivity contribution in [2.45, 2.75) is 146 Å². The minimum atomic E-state index is -1.46. The summed E-state index contributed by atoms with van der Waals surface area (Å²) in [5.41, 5.74) is 1.35. The van der Waals surface area contributed by atoms with E-state index in [9.17, 15) is 53.1 Å². The first kappa shape index (κ1) is 90.1. The molecule has 2 saturated heterocycles. The molecule has 6 amide bonds. The van der Waals surface area contributed by atoms with E-state index in [-0.39, 0.29) is 78.3 Å². The Morgan fingerprint density at radius 3 is 0.966 bits per heavy atom. The zero-order chi connectivity index (χ0) is 83.7. The van der Waals surface area contributed by atoms with Crippen LogP contribution in [0, 0.1) is 0 Å². The number of carbonyl (C=O) groups excluding carboxylic acids is 10. The molecule has 6 aromatic carbocycles.